The van der Waals surface area contributed by atoms with Gasteiger partial charge in [0.05, 0.1) is 18.1 Å². The molecule has 188 valence electrons. The minimum absolute atomic E-state index is 0.111. The quantitative estimate of drug-likeness (QED) is 0.313. The maximum atomic E-state index is 14.0. The van der Waals surface area contributed by atoms with Crippen molar-refractivity contribution in [1.29, 1.82) is 0 Å². The van der Waals surface area contributed by atoms with Crippen LogP contribution >= 0.6 is 0 Å². The van der Waals surface area contributed by atoms with Crippen LogP contribution in [0, 0.1) is 11.8 Å². The minimum Gasteiger partial charge on any atom is -0.465 e. The molecule has 0 radical (unpaired) electrons. The van der Waals surface area contributed by atoms with Crippen molar-refractivity contribution < 1.29 is 29.0 Å². The molecule has 0 aliphatic carbocycles. The second-order valence-corrected chi connectivity index (χ2v) is 10.1. The fourth-order valence-electron chi connectivity index (χ4n) is 6.07. The van der Waals surface area contributed by atoms with Crippen molar-refractivity contribution in [2.45, 2.75) is 76.0 Å². The number of amides is 2. The maximum Gasteiger partial charge on any atom is 0.313 e. The number of unbranched alkanes of at least 4 members (excludes halogenated alkanes) is 4. The zero-order chi connectivity index (χ0) is 24.3. The van der Waals surface area contributed by atoms with Crippen LogP contribution in [0.25, 0.3) is 0 Å². The van der Waals surface area contributed by atoms with Gasteiger partial charge in [0, 0.05) is 26.2 Å². The number of fused-ring (bicyclic) bond motifs is 2. The third-order valence-corrected chi connectivity index (χ3v) is 7.69. The second kappa shape index (κ2) is 10.2. The number of rotatable bonds is 9. The molecule has 1 N–H and O–H groups in total. The molecule has 0 aromatic heterocycles. The van der Waals surface area contributed by atoms with Crippen LogP contribution < -0.4 is 0 Å². The molecule has 0 aromatic rings. The summed E-state index contributed by atoms with van der Waals surface area (Å²) in [6, 6.07) is -0.801. The number of carbonyl (C=O) groups excluding carboxylic acids is 3. The Kier molecular flexibility index (Phi) is 7.48. The Morgan fingerprint density at radius 3 is 2.56 bits per heavy atom. The molecule has 0 aromatic carbocycles. The molecular weight excluding hydrogens is 436 g/mol. The lowest BCUT2D eigenvalue weighted by Gasteiger charge is -2.37. The van der Waals surface area contributed by atoms with E-state index in [1.807, 2.05) is 36.1 Å². The lowest BCUT2D eigenvalue weighted by atomic mass is 9.74. The van der Waals surface area contributed by atoms with Crippen LogP contribution in [0.2, 0.25) is 0 Å². The Hall–Kier alpha value is -2.19. The van der Waals surface area contributed by atoms with Gasteiger partial charge in [0.2, 0.25) is 11.8 Å². The molecule has 0 saturated carbocycles. The van der Waals surface area contributed by atoms with Gasteiger partial charge in [-0.05, 0) is 32.6 Å². The van der Waals surface area contributed by atoms with Crippen molar-refractivity contribution in [1.82, 2.24) is 9.80 Å². The summed E-state index contributed by atoms with van der Waals surface area (Å²) in [6.07, 6.45) is 13.2. The van der Waals surface area contributed by atoms with Crippen LogP contribution in [0.15, 0.2) is 24.3 Å². The van der Waals surface area contributed by atoms with E-state index in [4.69, 9.17) is 14.6 Å². The van der Waals surface area contributed by atoms with Gasteiger partial charge in [0.15, 0.2) is 0 Å². The van der Waals surface area contributed by atoms with E-state index in [-0.39, 0.29) is 25.0 Å². The second-order valence-electron chi connectivity index (χ2n) is 10.1. The predicted molar refractivity (Wildman–Crippen MR) is 126 cm³/mol. The smallest absolute Gasteiger partial charge is 0.313 e. The van der Waals surface area contributed by atoms with Gasteiger partial charge in [0.1, 0.15) is 17.6 Å². The van der Waals surface area contributed by atoms with Crippen LogP contribution in [0.5, 0.6) is 0 Å². The molecule has 8 heteroatoms. The van der Waals surface area contributed by atoms with E-state index >= 15 is 0 Å². The van der Waals surface area contributed by atoms with E-state index in [2.05, 4.69) is 6.92 Å². The highest BCUT2D eigenvalue weighted by Gasteiger charge is 2.74. The van der Waals surface area contributed by atoms with E-state index in [9.17, 15) is 14.4 Å². The highest BCUT2D eigenvalue weighted by Crippen LogP contribution is 2.57. The lowest BCUT2D eigenvalue weighted by molar-refractivity contribution is -0.160. The molecular formula is C26H38N2O6. The van der Waals surface area contributed by atoms with Gasteiger partial charge in [-0.1, -0.05) is 50.5 Å². The van der Waals surface area contributed by atoms with E-state index in [1.165, 1.54) is 0 Å². The molecule has 34 heavy (non-hydrogen) atoms. The molecule has 4 aliphatic rings. The summed E-state index contributed by atoms with van der Waals surface area (Å²) in [5.41, 5.74) is -2.22. The largest absolute Gasteiger partial charge is 0.465 e. The normalized spacial score (nSPS) is 34.9. The van der Waals surface area contributed by atoms with Crippen molar-refractivity contribution >= 4 is 17.8 Å². The van der Waals surface area contributed by atoms with E-state index in [0.29, 0.717) is 26.1 Å². The van der Waals surface area contributed by atoms with E-state index in [0.717, 1.165) is 38.5 Å². The van der Waals surface area contributed by atoms with Gasteiger partial charge in [-0.3, -0.25) is 14.4 Å². The Morgan fingerprint density at radius 2 is 1.79 bits per heavy atom. The molecule has 5 atom stereocenters. The van der Waals surface area contributed by atoms with Gasteiger partial charge in [0.25, 0.3) is 0 Å². The zero-order valence-corrected chi connectivity index (χ0v) is 20.4. The predicted octanol–water partition coefficient (Wildman–Crippen LogP) is 2.21. The highest BCUT2D eigenvalue weighted by molar-refractivity contribution is 5.99. The SMILES string of the molecule is CCCCN1CC=C[C@]23O[C@@]4(C)C=CCCOC(=O)[C@H]4[C@H]2C(=O)N(CCCCCCO)C3C1=O. The first kappa shape index (κ1) is 24.9. The average molecular weight is 475 g/mol. The van der Waals surface area contributed by atoms with E-state index < -0.39 is 35.0 Å². The van der Waals surface area contributed by atoms with Gasteiger partial charge in [-0.25, -0.2) is 0 Å². The summed E-state index contributed by atoms with van der Waals surface area (Å²) < 4.78 is 12.2. The van der Waals surface area contributed by atoms with Crippen LogP contribution in [0.3, 0.4) is 0 Å². The van der Waals surface area contributed by atoms with Gasteiger partial charge >= 0.3 is 5.97 Å². The summed E-state index contributed by atoms with van der Waals surface area (Å²) in [6.45, 7) is 5.85. The number of likely N-dealkylation sites (tertiary alicyclic amines) is 1. The Bertz CT molecular complexity index is 856. The van der Waals surface area contributed by atoms with Gasteiger partial charge in [-0.2, -0.15) is 0 Å². The molecule has 8 nitrogen and oxygen atoms in total. The van der Waals surface area contributed by atoms with E-state index in [1.54, 1.807) is 4.90 Å². The first-order valence-corrected chi connectivity index (χ1v) is 12.8. The first-order chi connectivity index (χ1) is 16.4. The molecule has 4 heterocycles. The number of hydrogen-bond donors (Lipinski definition) is 1. The van der Waals surface area contributed by atoms with Crippen molar-refractivity contribution in [3.05, 3.63) is 24.3 Å². The fourth-order valence-corrected chi connectivity index (χ4v) is 6.07. The molecule has 2 fully saturated rings. The van der Waals surface area contributed by atoms with Crippen LogP contribution in [0.4, 0.5) is 0 Å². The number of ether oxygens (including phenoxy) is 2. The number of cyclic esters (lactones) is 1. The zero-order valence-electron chi connectivity index (χ0n) is 20.4. The molecule has 4 aliphatic heterocycles. The fraction of sp³-hybridized carbons (Fsp3) is 0.731. The molecule has 1 spiro atoms. The highest BCUT2D eigenvalue weighted by atomic mass is 16.6. The van der Waals surface area contributed by atoms with Crippen LogP contribution in [-0.4, -0.2) is 82.8 Å². The van der Waals surface area contributed by atoms with Crippen LogP contribution in [-0.2, 0) is 23.9 Å². The van der Waals surface area contributed by atoms with Crippen molar-refractivity contribution in [2.24, 2.45) is 11.8 Å². The summed E-state index contributed by atoms with van der Waals surface area (Å²) in [5, 5.41) is 9.06. The third kappa shape index (κ3) is 4.19. The number of esters is 1. The third-order valence-electron chi connectivity index (χ3n) is 7.69. The monoisotopic (exact) mass is 474 g/mol. The molecule has 2 saturated heterocycles. The summed E-state index contributed by atoms with van der Waals surface area (Å²) in [7, 11) is 0. The van der Waals surface area contributed by atoms with Gasteiger partial charge < -0.3 is 24.4 Å². The summed E-state index contributed by atoms with van der Waals surface area (Å²) in [4.78, 5) is 44.5. The summed E-state index contributed by atoms with van der Waals surface area (Å²) >= 11 is 0. The number of carbonyl (C=O) groups is 3. The Morgan fingerprint density at radius 1 is 1.00 bits per heavy atom. The molecule has 4 rings (SSSR count). The molecule has 2 amide bonds. The first-order valence-electron chi connectivity index (χ1n) is 12.8. The average Bonchev–Trinajstić information content (AvgIpc) is 3.12. The number of nitrogens with zero attached hydrogens (tertiary/aromatic N) is 2. The number of hydrogen-bond acceptors (Lipinski definition) is 6. The lowest BCUT2D eigenvalue weighted by Crippen LogP contribution is -2.56. The Labute approximate surface area is 201 Å². The topological polar surface area (TPSA) is 96.4 Å². The van der Waals surface area contributed by atoms with Crippen molar-refractivity contribution in [3.8, 4) is 0 Å². The molecule has 0 bridgehead atoms. The summed E-state index contributed by atoms with van der Waals surface area (Å²) in [5.74, 6) is -2.36. The minimum atomic E-state index is -1.20. The Balaban J connectivity index is 1.72. The van der Waals surface area contributed by atoms with Crippen LogP contribution in [0.1, 0.15) is 58.8 Å². The van der Waals surface area contributed by atoms with Gasteiger partial charge in [-0.15, -0.1) is 0 Å². The standard InChI is InChI=1S/C26H38N2O6/c1-3-4-14-27-15-11-13-26-19(20-24(32)33-18-10-7-12-25(20,2)34-26)22(30)28(21(26)23(27)31)16-8-5-6-9-17-29/h7,11-13,19-21,29H,3-6,8-10,14-18H2,1-2H3/t19-,20+,21?,25-,26-/m0/s1. The number of aliphatic hydroxyl groups excluding tert-OH is 1. The number of aliphatic hydroxyl groups is 1. The van der Waals surface area contributed by atoms with Crippen molar-refractivity contribution in [2.75, 3.05) is 32.8 Å². The maximum absolute atomic E-state index is 14.0. The molecule has 1 unspecified atom stereocenters. The van der Waals surface area contributed by atoms with Crippen molar-refractivity contribution in [3.63, 3.8) is 0 Å².